The van der Waals surface area contributed by atoms with E-state index in [2.05, 4.69) is 25.6 Å². The van der Waals surface area contributed by atoms with Crippen LogP contribution in [0.5, 0.6) is 17.2 Å². The molecule has 5 heterocycles. The lowest BCUT2D eigenvalue weighted by molar-refractivity contribution is -0.134. The van der Waals surface area contributed by atoms with Crippen LogP contribution in [0.3, 0.4) is 0 Å². The number of nitrogens with zero attached hydrogens (tertiary/aromatic N) is 5. The predicted octanol–water partition coefficient (Wildman–Crippen LogP) is 9.97. The van der Waals surface area contributed by atoms with Crippen LogP contribution in [-0.2, 0) is 38.4 Å². The molecule has 10 atom stereocenters. The Hall–Kier alpha value is -8.19. The first kappa shape index (κ1) is 74.8. The molecule has 0 spiro atoms. The quantitative estimate of drug-likeness (QED) is 0.0230. The summed E-state index contributed by atoms with van der Waals surface area (Å²) in [4.78, 5) is 68.5. The van der Waals surface area contributed by atoms with Crippen molar-refractivity contribution in [1.82, 2.24) is 35.4 Å². The second kappa shape index (κ2) is 37.0. The summed E-state index contributed by atoms with van der Waals surface area (Å²) in [5.74, 6) is -5.67. The number of nitrogens with one attached hydrogen (secondary N) is 2. The summed E-state index contributed by atoms with van der Waals surface area (Å²) in [6, 6.07) is 16.4. The number of aromatic nitrogens is 3. The van der Waals surface area contributed by atoms with Crippen molar-refractivity contribution >= 4 is 23.6 Å². The molecule has 3 aromatic carbocycles. The number of pyridine rings is 3. The van der Waals surface area contributed by atoms with Crippen LogP contribution in [0.4, 0.5) is 26.3 Å². The highest BCUT2D eigenvalue weighted by Gasteiger charge is 2.45. The summed E-state index contributed by atoms with van der Waals surface area (Å²) in [5.41, 5.74) is 7.72. The van der Waals surface area contributed by atoms with Gasteiger partial charge in [0.1, 0.15) is 70.5 Å². The topological polar surface area (TPSA) is 252 Å². The van der Waals surface area contributed by atoms with Gasteiger partial charge in [0.2, 0.25) is 23.6 Å². The van der Waals surface area contributed by atoms with E-state index in [1.54, 1.807) is 46.2 Å². The number of ether oxygens (including phenoxy) is 3. The first-order valence-electron chi connectivity index (χ1n) is 32.1. The Labute approximate surface area is 545 Å². The highest BCUT2D eigenvalue weighted by molar-refractivity contribution is 5.92. The molecule has 6 aromatic rings. The predicted molar refractivity (Wildman–Crippen MR) is 341 cm³/mol. The van der Waals surface area contributed by atoms with Gasteiger partial charge in [-0.3, -0.25) is 34.1 Å². The Morgan fingerprint density at radius 2 is 0.809 bits per heavy atom. The number of aliphatic hydroxyl groups excluding tert-OH is 3. The van der Waals surface area contributed by atoms with Crippen LogP contribution in [0.25, 0.3) is 0 Å². The van der Waals surface area contributed by atoms with Gasteiger partial charge in [-0.1, -0.05) is 40.5 Å². The fourth-order valence-electron chi connectivity index (χ4n) is 11.6. The van der Waals surface area contributed by atoms with Crippen LogP contribution in [0, 0.1) is 58.6 Å². The van der Waals surface area contributed by atoms with E-state index in [-0.39, 0.29) is 65.4 Å². The van der Waals surface area contributed by atoms with Crippen molar-refractivity contribution in [2.24, 2.45) is 29.4 Å². The molecule has 3 unspecified atom stereocenters. The monoisotopic (exact) mass is 1310 g/mol. The molecule has 7 N–H and O–H groups in total. The highest BCUT2D eigenvalue weighted by Crippen LogP contribution is 2.33. The van der Waals surface area contributed by atoms with Crippen LogP contribution in [0.2, 0.25) is 0 Å². The molecule has 510 valence electrons. The molecular weight excluding hydrogens is 1230 g/mol. The van der Waals surface area contributed by atoms with Crippen molar-refractivity contribution in [2.45, 2.75) is 143 Å². The van der Waals surface area contributed by atoms with Gasteiger partial charge >= 0.3 is 0 Å². The Balaban J connectivity index is 0.000000230. The molecule has 18 nitrogen and oxygen atoms in total. The van der Waals surface area contributed by atoms with Crippen molar-refractivity contribution in [3.8, 4) is 17.2 Å². The van der Waals surface area contributed by atoms with E-state index in [0.29, 0.717) is 87.3 Å². The van der Waals surface area contributed by atoms with Crippen LogP contribution < -0.4 is 30.6 Å². The summed E-state index contributed by atoms with van der Waals surface area (Å²) in [6.07, 6.45) is 5.49. The van der Waals surface area contributed by atoms with Gasteiger partial charge in [-0.2, -0.15) is 0 Å². The van der Waals surface area contributed by atoms with Gasteiger partial charge in [-0.15, -0.1) is 0 Å². The van der Waals surface area contributed by atoms with Gasteiger partial charge in [-0.25, -0.2) is 26.3 Å². The first-order chi connectivity index (χ1) is 45.0. The third kappa shape index (κ3) is 21.7. The third-order valence-electron chi connectivity index (χ3n) is 16.3. The van der Waals surface area contributed by atoms with Gasteiger partial charge in [0, 0.05) is 87.2 Å². The van der Waals surface area contributed by atoms with E-state index >= 15 is 0 Å². The van der Waals surface area contributed by atoms with Gasteiger partial charge in [0.05, 0.1) is 72.7 Å². The fraction of sp³-hybridized carbons (Fsp3) is 0.471. The second-order valence-corrected chi connectivity index (χ2v) is 23.2. The molecule has 0 bridgehead atoms. The highest BCUT2D eigenvalue weighted by atomic mass is 19.2. The maximum Gasteiger partial charge on any atom is 0.226 e. The summed E-state index contributed by atoms with van der Waals surface area (Å²) in [5, 5.41) is 38.4. The van der Waals surface area contributed by atoms with Crippen molar-refractivity contribution in [3.63, 3.8) is 0 Å². The standard InChI is InChI=1S/2C27H35F2N3O4.C16H18F2N2O2/c2*1-4-7-10-32-16-22(21(5-2)27(32)35)26(34)31-24(13-17-11-18(28)14-19(29)12-17)25(33)23-15-20(36-6-3)8-9-30-23;1-2-22-13-3-4-20-15(9-13)16(21)14(19)7-10-5-11(17)8-12(18)6-10/h2*8-9,11-12,14-15,21-22,24-25,33H,4-7,10,13,16H2,1-3H3,(H,31,34);3-6,8-9,14,16,21H,2,7,19H2,1H3/t21-,22?,24+,25-;21-,22?,24-,25+;14-,16?/m100/s1. The zero-order valence-electron chi connectivity index (χ0n) is 54.3. The molecule has 0 aliphatic carbocycles. The zero-order valence-corrected chi connectivity index (χ0v) is 54.3. The van der Waals surface area contributed by atoms with Gasteiger partial charge < -0.3 is 55.7 Å². The lowest BCUT2D eigenvalue weighted by Gasteiger charge is -2.26. The van der Waals surface area contributed by atoms with E-state index < -0.39 is 95.0 Å². The van der Waals surface area contributed by atoms with Crippen molar-refractivity contribution < 1.29 is 75.1 Å². The van der Waals surface area contributed by atoms with E-state index in [1.165, 1.54) is 55.0 Å². The SMILES string of the molecule is CCCCN1CC(C(=O)N[C@@H](Cc2cc(F)cc(F)c2)[C@H](O)c2cc(OCC)ccn2)[C@@H](CC)C1=O.CCCCN1CC(C(=O)N[C@@H](Cc2cc(F)cc(F)c2)[C@H](O)c2cc(OCC)ccn2)[C@H](CC)C1=O.CCOc1ccnc(C(O)[C@@H](N)Cc2cc(F)cc(F)c2)c1. The van der Waals surface area contributed by atoms with E-state index in [9.17, 15) is 60.8 Å². The van der Waals surface area contributed by atoms with Crippen LogP contribution in [0.1, 0.15) is 139 Å². The minimum atomic E-state index is -1.28. The average Bonchev–Trinajstić information content (AvgIpc) is 1.51. The Bertz CT molecular complexity index is 3200. The number of likely N-dealkylation sites (tertiary alicyclic amines) is 2. The lowest BCUT2D eigenvalue weighted by atomic mass is 9.91. The molecule has 8 rings (SSSR count). The van der Waals surface area contributed by atoms with E-state index in [4.69, 9.17) is 19.9 Å². The Morgan fingerprint density at radius 1 is 0.500 bits per heavy atom. The number of nitrogens with two attached hydrogens (primary N) is 1. The molecule has 0 radical (unpaired) electrons. The molecule has 2 saturated heterocycles. The van der Waals surface area contributed by atoms with E-state index in [0.717, 1.165) is 43.9 Å². The van der Waals surface area contributed by atoms with Crippen molar-refractivity contribution in [3.05, 3.63) is 178 Å². The smallest absolute Gasteiger partial charge is 0.226 e. The number of carbonyl (C=O) groups excluding carboxylic acids is 4. The largest absolute Gasteiger partial charge is 0.494 e. The molecule has 0 saturated carbocycles. The first-order valence-corrected chi connectivity index (χ1v) is 32.1. The van der Waals surface area contributed by atoms with Crippen molar-refractivity contribution in [1.29, 1.82) is 0 Å². The maximum absolute atomic E-state index is 13.9. The molecule has 2 aliphatic heterocycles. The number of rotatable bonds is 30. The third-order valence-corrected chi connectivity index (χ3v) is 16.3. The maximum atomic E-state index is 13.9. The number of unbranched alkanes of at least 4 members (excludes halogenated alkanes) is 2. The summed E-state index contributed by atoms with van der Waals surface area (Å²) < 4.78 is 98.1. The molecule has 2 fully saturated rings. The molecule has 3 aromatic heterocycles. The number of aliphatic hydroxyl groups is 3. The number of hydrogen-bond acceptors (Lipinski definition) is 14. The number of benzene rings is 3. The normalized spacial score (nSPS) is 18.0. The van der Waals surface area contributed by atoms with Gasteiger partial charge in [0.25, 0.3) is 0 Å². The second-order valence-electron chi connectivity index (χ2n) is 23.2. The lowest BCUT2D eigenvalue weighted by Crippen LogP contribution is -2.45. The Morgan fingerprint density at radius 3 is 1.11 bits per heavy atom. The van der Waals surface area contributed by atoms with Crippen LogP contribution in [0.15, 0.2) is 110 Å². The fourth-order valence-corrected chi connectivity index (χ4v) is 11.6. The Kier molecular flexibility index (Phi) is 29.5. The molecule has 24 heteroatoms. The number of carbonyl (C=O) groups is 4. The number of hydrogen-bond donors (Lipinski definition) is 6. The minimum absolute atomic E-state index is 0.0403. The van der Waals surface area contributed by atoms with Crippen LogP contribution >= 0.6 is 0 Å². The molecular formula is C70H88F6N8O10. The minimum Gasteiger partial charge on any atom is -0.494 e. The molecule has 94 heavy (non-hydrogen) atoms. The average molecular weight is 1320 g/mol. The molecule has 4 amide bonds. The summed E-state index contributed by atoms with van der Waals surface area (Å²) in [7, 11) is 0. The summed E-state index contributed by atoms with van der Waals surface area (Å²) in [6.45, 7) is 16.5. The summed E-state index contributed by atoms with van der Waals surface area (Å²) >= 11 is 0. The van der Waals surface area contributed by atoms with Crippen molar-refractivity contribution in [2.75, 3.05) is 46.0 Å². The van der Waals surface area contributed by atoms with E-state index in [1.807, 2.05) is 48.5 Å². The molecule has 2 aliphatic rings. The van der Waals surface area contributed by atoms with Gasteiger partial charge in [-0.05, 0) is 137 Å². The van der Waals surface area contributed by atoms with Gasteiger partial charge in [0.15, 0.2) is 0 Å². The number of amides is 4. The number of halogens is 6. The zero-order chi connectivity index (χ0) is 68.6. The van der Waals surface area contributed by atoms with Crippen LogP contribution in [-0.4, -0.2) is 128 Å².